The van der Waals surface area contributed by atoms with Gasteiger partial charge in [-0.15, -0.1) is 5.10 Å². The van der Waals surface area contributed by atoms with E-state index in [1.165, 1.54) is 48.9 Å². The van der Waals surface area contributed by atoms with E-state index in [-0.39, 0.29) is 11.8 Å². The second-order valence-electron chi connectivity index (χ2n) is 11.1. The van der Waals surface area contributed by atoms with Crippen molar-refractivity contribution in [3.05, 3.63) is 52.8 Å². The molecule has 0 radical (unpaired) electrons. The molecule has 2 aromatic carbocycles. The quantitative estimate of drug-likeness (QED) is 0.206. The van der Waals surface area contributed by atoms with Crippen LogP contribution in [0.5, 0.6) is 0 Å². The summed E-state index contributed by atoms with van der Waals surface area (Å²) in [7, 11) is 0. The maximum Gasteiger partial charge on any atom is 0.435 e. The third-order valence-corrected chi connectivity index (χ3v) is 8.28. The molecule has 0 atom stereocenters. The van der Waals surface area contributed by atoms with Gasteiger partial charge in [0.2, 0.25) is 0 Å². The van der Waals surface area contributed by atoms with Gasteiger partial charge in [-0.1, -0.05) is 58.8 Å². The minimum absolute atomic E-state index is 0.308. The number of benzene rings is 2. The molecule has 0 aliphatic carbocycles. The van der Waals surface area contributed by atoms with Crippen LogP contribution in [0.4, 0.5) is 20.7 Å². The number of nitrogens with one attached hydrogen (secondary N) is 1. The van der Waals surface area contributed by atoms with E-state index in [9.17, 15) is 18.8 Å². The number of aromatic nitrogens is 2. The first-order valence-electron chi connectivity index (χ1n) is 15.3. The molecule has 1 N–H and O–H groups in total. The van der Waals surface area contributed by atoms with Crippen LogP contribution in [0.3, 0.4) is 0 Å². The van der Waals surface area contributed by atoms with E-state index < -0.39 is 11.9 Å². The number of hydrogen-bond acceptors (Lipinski definition) is 7. The molecule has 3 heterocycles. The summed E-state index contributed by atoms with van der Waals surface area (Å²) in [4.78, 5) is 41.9. The smallest absolute Gasteiger partial charge is 0.435 e. The van der Waals surface area contributed by atoms with Crippen molar-refractivity contribution in [2.75, 3.05) is 42.6 Å². The van der Waals surface area contributed by atoms with E-state index in [4.69, 9.17) is 4.74 Å². The fourth-order valence-electron chi connectivity index (χ4n) is 6.03. The summed E-state index contributed by atoms with van der Waals surface area (Å²) in [6.07, 6.45) is 9.21. The number of carbonyl (C=O) groups excluding carboxylic acids is 3. The molecule has 9 nitrogen and oxygen atoms in total. The summed E-state index contributed by atoms with van der Waals surface area (Å²) in [6, 6.07) is 8.00. The molecule has 10 heteroatoms. The van der Waals surface area contributed by atoms with Gasteiger partial charge in [-0.2, -0.15) is 4.68 Å². The SMILES string of the molecule is CCCCCCCCCCOC(=O)n1nc(N2CCN(c3ccc4c(c3CC)C(=O)NC4=O)CC2)c2ccc(F)cc21. The van der Waals surface area contributed by atoms with Crippen molar-refractivity contribution in [2.45, 2.75) is 71.6 Å². The van der Waals surface area contributed by atoms with Crippen LogP contribution in [0.2, 0.25) is 0 Å². The number of halogens is 1. The van der Waals surface area contributed by atoms with Crippen molar-refractivity contribution in [3.63, 3.8) is 0 Å². The van der Waals surface area contributed by atoms with Gasteiger partial charge in [0.1, 0.15) is 5.82 Å². The van der Waals surface area contributed by atoms with Crippen molar-refractivity contribution >= 4 is 40.3 Å². The Morgan fingerprint density at radius 2 is 1.60 bits per heavy atom. The molecule has 42 heavy (non-hydrogen) atoms. The highest BCUT2D eigenvalue weighted by Crippen LogP contribution is 2.33. The van der Waals surface area contributed by atoms with E-state index in [1.54, 1.807) is 12.1 Å². The van der Waals surface area contributed by atoms with E-state index in [1.807, 2.05) is 13.0 Å². The Hall–Kier alpha value is -3.95. The monoisotopic (exact) mass is 577 g/mol. The maximum absolute atomic E-state index is 14.2. The number of amides is 2. The van der Waals surface area contributed by atoms with Gasteiger partial charge >= 0.3 is 6.09 Å². The molecule has 224 valence electrons. The molecule has 2 aliphatic rings. The molecule has 5 rings (SSSR count). The lowest BCUT2D eigenvalue weighted by molar-refractivity contribution is 0.0879. The highest BCUT2D eigenvalue weighted by atomic mass is 19.1. The number of rotatable bonds is 12. The molecule has 1 fully saturated rings. The van der Waals surface area contributed by atoms with Crippen LogP contribution in [0.1, 0.15) is 91.5 Å². The molecule has 0 spiro atoms. The molecule has 2 aliphatic heterocycles. The summed E-state index contributed by atoms with van der Waals surface area (Å²) in [5, 5.41) is 7.69. The van der Waals surface area contributed by atoms with Gasteiger partial charge in [0.25, 0.3) is 11.8 Å². The van der Waals surface area contributed by atoms with Gasteiger partial charge in [-0.3, -0.25) is 14.9 Å². The Labute approximate surface area is 246 Å². The van der Waals surface area contributed by atoms with Crippen LogP contribution >= 0.6 is 0 Å². The Kier molecular flexibility index (Phi) is 9.39. The highest BCUT2D eigenvalue weighted by molar-refractivity contribution is 6.22. The predicted octanol–water partition coefficient (Wildman–Crippen LogP) is 6.07. The number of fused-ring (bicyclic) bond motifs is 2. The van der Waals surface area contributed by atoms with Gasteiger partial charge < -0.3 is 14.5 Å². The summed E-state index contributed by atoms with van der Waals surface area (Å²) in [5.41, 5.74) is 3.10. The number of hydrogen-bond donors (Lipinski definition) is 1. The molecule has 2 amide bonds. The normalized spacial score (nSPS) is 14.9. The number of imide groups is 1. The fourth-order valence-corrected chi connectivity index (χ4v) is 6.03. The standard InChI is InChI=1S/C32H40FN5O4/c1-3-5-6-7-8-9-10-11-20-42-32(41)38-27-21-22(33)12-13-24(27)29(35-38)37-18-16-36(17-19-37)26-15-14-25-28(23(26)4-2)31(40)34-30(25)39/h12-15,21H,3-11,16-20H2,1-2H3,(H,34,39,40). The molecular weight excluding hydrogens is 537 g/mol. The Morgan fingerprint density at radius 1 is 0.905 bits per heavy atom. The summed E-state index contributed by atoms with van der Waals surface area (Å²) in [6.45, 7) is 7.03. The lowest BCUT2D eigenvalue weighted by Crippen LogP contribution is -2.47. The molecule has 0 unspecified atom stereocenters. The molecule has 1 saturated heterocycles. The van der Waals surface area contributed by atoms with E-state index in [0.717, 1.165) is 30.5 Å². The zero-order chi connectivity index (χ0) is 29.6. The third-order valence-electron chi connectivity index (χ3n) is 8.28. The van der Waals surface area contributed by atoms with Gasteiger partial charge in [0.15, 0.2) is 5.82 Å². The van der Waals surface area contributed by atoms with Crippen molar-refractivity contribution in [2.24, 2.45) is 0 Å². The first-order chi connectivity index (χ1) is 20.4. The Balaban J connectivity index is 1.24. The second-order valence-corrected chi connectivity index (χ2v) is 11.1. The predicted molar refractivity (Wildman–Crippen MR) is 161 cm³/mol. The Morgan fingerprint density at radius 3 is 2.31 bits per heavy atom. The second kappa shape index (κ2) is 13.4. The van der Waals surface area contributed by atoms with Crippen molar-refractivity contribution in [3.8, 4) is 0 Å². The number of unbranched alkanes of at least 4 members (excludes halogenated alkanes) is 7. The first kappa shape index (κ1) is 29.5. The fraction of sp³-hybridized carbons (Fsp3) is 0.500. The summed E-state index contributed by atoms with van der Waals surface area (Å²) >= 11 is 0. The minimum atomic E-state index is -0.600. The first-order valence-corrected chi connectivity index (χ1v) is 15.3. The van der Waals surface area contributed by atoms with Crippen LogP contribution < -0.4 is 15.1 Å². The number of anilines is 2. The molecule has 0 bridgehead atoms. The molecule has 0 saturated carbocycles. The maximum atomic E-state index is 14.2. The van der Waals surface area contributed by atoms with Gasteiger partial charge in [0, 0.05) is 43.3 Å². The van der Waals surface area contributed by atoms with E-state index in [0.29, 0.717) is 67.1 Å². The van der Waals surface area contributed by atoms with Crippen LogP contribution in [0.25, 0.3) is 10.9 Å². The number of carbonyl (C=O) groups is 3. The lowest BCUT2D eigenvalue weighted by Gasteiger charge is -2.37. The van der Waals surface area contributed by atoms with Gasteiger partial charge in [-0.05, 0) is 42.7 Å². The number of ether oxygens (including phenoxy) is 1. The topological polar surface area (TPSA) is 96.8 Å². The Bertz CT molecular complexity index is 1460. The minimum Gasteiger partial charge on any atom is -0.448 e. The molecule has 1 aromatic heterocycles. The van der Waals surface area contributed by atoms with E-state index >= 15 is 0 Å². The number of piperazine rings is 1. The van der Waals surface area contributed by atoms with Crippen LogP contribution in [-0.4, -0.2) is 60.5 Å². The summed E-state index contributed by atoms with van der Waals surface area (Å²) in [5.74, 6) is -0.521. The van der Waals surface area contributed by atoms with Crippen molar-refractivity contribution in [1.29, 1.82) is 0 Å². The zero-order valence-corrected chi connectivity index (χ0v) is 24.6. The highest BCUT2D eigenvalue weighted by Gasteiger charge is 2.32. The molecule has 3 aromatic rings. The number of nitrogens with zero attached hydrogens (tertiary/aromatic N) is 4. The van der Waals surface area contributed by atoms with Crippen LogP contribution in [0, 0.1) is 5.82 Å². The molecular formula is C32H40FN5O4. The average Bonchev–Trinajstić information content (AvgIpc) is 3.52. The largest absolute Gasteiger partial charge is 0.448 e. The third kappa shape index (κ3) is 6.12. The average molecular weight is 578 g/mol. The van der Waals surface area contributed by atoms with Gasteiger partial charge in [0.05, 0.1) is 23.3 Å². The van der Waals surface area contributed by atoms with Crippen LogP contribution in [0.15, 0.2) is 30.3 Å². The summed E-state index contributed by atoms with van der Waals surface area (Å²) < 4.78 is 20.9. The lowest BCUT2D eigenvalue weighted by atomic mass is 9.97. The van der Waals surface area contributed by atoms with Gasteiger partial charge in [-0.25, -0.2) is 9.18 Å². The van der Waals surface area contributed by atoms with Crippen LogP contribution in [-0.2, 0) is 11.2 Å². The van der Waals surface area contributed by atoms with Crippen molar-refractivity contribution in [1.82, 2.24) is 15.1 Å². The van der Waals surface area contributed by atoms with Crippen molar-refractivity contribution < 1.29 is 23.5 Å². The van der Waals surface area contributed by atoms with E-state index in [2.05, 4.69) is 27.1 Å². The zero-order valence-electron chi connectivity index (χ0n) is 24.6.